The minimum atomic E-state index is -0.171. The molecule has 0 atom stereocenters. The Morgan fingerprint density at radius 2 is 1.86 bits per heavy atom. The molecule has 1 aromatic heterocycles. The van der Waals surface area contributed by atoms with E-state index in [-0.39, 0.29) is 5.91 Å². The molecule has 0 unspecified atom stereocenters. The molecule has 0 spiro atoms. The highest BCUT2D eigenvalue weighted by molar-refractivity contribution is 9.10. The molecule has 2 aromatic carbocycles. The van der Waals surface area contributed by atoms with Crippen molar-refractivity contribution in [2.75, 3.05) is 5.32 Å². The van der Waals surface area contributed by atoms with E-state index in [2.05, 4.69) is 31.3 Å². The Morgan fingerprint density at radius 3 is 2.57 bits per heavy atom. The van der Waals surface area contributed by atoms with E-state index in [4.69, 9.17) is 0 Å². The molecule has 21 heavy (non-hydrogen) atoms. The number of halogens is 1. The highest BCUT2D eigenvalue weighted by atomic mass is 79.9. The Labute approximate surface area is 129 Å². The van der Waals surface area contributed by atoms with Gasteiger partial charge in [0, 0.05) is 10.0 Å². The molecule has 0 saturated carbocycles. The van der Waals surface area contributed by atoms with E-state index >= 15 is 0 Å². The number of carbonyl (C=O) groups is 1. The van der Waals surface area contributed by atoms with Gasteiger partial charge in [0.05, 0.1) is 11.4 Å². The molecule has 6 heteroatoms. The van der Waals surface area contributed by atoms with E-state index < -0.39 is 0 Å². The number of benzene rings is 2. The Hall–Kier alpha value is -2.47. The largest absolute Gasteiger partial charge is 0.320 e. The van der Waals surface area contributed by atoms with Crippen molar-refractivity contribution in [2.45, 2.75) is 0 Å². The number of aromatic nitrogens is 3. The fourth-order valence-electron chi connectivity index (χ4n) is 1.91. The number of para-hydroxylation sites is 2. The maximum absolute atomic E-state index is 12.3. The maximum Gasteiger partial charge on any atom is 0.255 e. The van der Waals surface area contributed by atoms with Crippen LogP contribution in [0.5, 0.6) is 0 Å². The van der Waals surface area contributed by atoms with Crippen molar-refractivity contribution in [1.29, 1.82) is 0 Å². The molecule has 0 aliphatic carbocycles. The highest BCUT2D eigenvalue weighted by Gasteiger charge is 2.10. The summed E-state index contributed by atoms with van der Waals surface area (Å²) < 4.78 is 2.54. The first-order valence-electron chi connectivity index (χ1n) is 6.25. The topological polar surface area (TPSA) is 59.8 Å². The summed E-state index contributed by atoms with van der Waals surface area (Å²) in [5.74, 6) is -0.171. The lowest BCUT2D eigenvalue weighted by Gasteiger charge is -2.10. The van der Waals surface area contributed by atoms with E-state index in [0.717, 1.165) is 10.2 Å². The second-order valence-electron chi connectivity index (χ2n) is 4.32. The summed E-state index contributed by atoms with van der Waals surface area (Å²) in [5, 5.41) is 6.98. The first-order chi connectivity index (χ1) is 10.2. The second-order valence-corrected chi connectivity index (χ2v) is 5.23. The van der Waals surface area contributed by atoms with Crippen LogP contribution in [0, 0.1) is 0 Å². The average molecular weight is 343 g/mol. The smallest absolute Gasteiger partial charge is 0.255 e. The number of hydrogen-bond acceptors (Lipinski definition) is 3. The van der Waals surface area contributed by atoms with Crippen molar-refractivity contribution in [3.8, 4) is 5.69 Å². The van der Waals surface area contributed by atoms with Crippen LogP contribution in [0.1, 0.15) is 10.4 Å². The number of anilines is 1. The fourth-order valence-corrected chi connectivity index (χ4v) is 2.17. The molecule has 0 aliphatic rings. The van der Waals surface area contributed by atoms with Gasteiger partial charge >= 0.3 is 0 Å². The molecule has 3 aromatic rings. The van der Waals surface area contributed by atoms with E-state index in [1.807, 2.05) is 36.4 Å². The molecular formula is C15H11BrN4O. The predicted molar refractivity (Wildman–Crippen MR) is 83.5 cm³/mol. The molecule has 0 bridgehead atoms. The van der Waals surface area contributed by atoms with Crippen LogP contribution >= 0.6 is 15.9 Å². The molecule has 1 N–H and O–H groups in total. The minimum absolute atomic E-state index is 0.171. The summed E-state index contributed by atoms with van der Waals surface area (Å²) >= 11 is 3.35. The van der Waals surface area contributed by atoms with Crippen molar-refractivity contribution in [1.82, 2.24) is 14.8 Å². The molecule has 1 amide bonds. The SMILES string of the molecule is O=C(Nc1ccccc1-n1cncn1)c1ccc(Br)cc1. The third kappa shape index (κ3) is 3.00. The van der Waals surface area contributed by atoms with Crippen LogP contribution < -0.4 is 5.32 Å². The van der Waals surface area contributed by atoms with Crippen molar-refractivity contribution in [3.05, 3.63) is 71.2 Å². The zero-order valence-electron chi connectivity index (χ0n) is 10.9. The number of nitrogens with zero attached hydrogens (tertiary/aromatic N) is 3. The number of hydrogen-bond donors (Lipinski definition) is 1. The van der Waals surface area contributed by atoms with Crippen LogP contribution in [0.2, 0.25) is 0 Å². The monoisotopic (exact) mass is 342 g/mol. The molecule has 5 nitrogen and oxygen atoms in total. The molecule has 0 radical (unpaired) electrons. The van der Waals surface area contributed by atoms with Gasteiger partial charge in [-0.1, -0.05) is 28.1 Å². The van der Waals surface area contributed by atoms with Crippen molar-refractivity contribution in [3.63, 3.8) is 0 Å². The van der Waals surface area contributed by atoms with Gasteiger partial charge in [-0.25, -0.2) is 9.67 Å². The summed E-state index contributed by atoms with van der Waals surface area (Å²) in [6.07, 6.45) is 3.04. The zero-order chi connectivity index (χ0) is 14.7. The lowest BCUT2D eigenvalue weighted by Crippen LogP contribution is -2.13. The van der Waals surface area contributed by atoms with Gasteiger partial charge in [0.1, 0.15) is 12.7 Å². The number of rotatable bonds is 3. The van der Waals surface area contributed by atoms with E-state index in [1.165, 1.54) is 6.33 Å². The summed E-state index contributed by atoms with van der Waals surface area (Å²) in [6, 6.07) is 14.6. The zero-order valence-corrected chi connectivity index (χ0v) is 12.5. The van der Waals surface area contributed by atoms with Gasteiger partial charge in [-0.15, -0.1) is 0 Å². The Bertz CT molecular complexity index is 754. The van der Waals surface area contributed by atoms with Crippen LogP contribution in [0.4, 0.5) is 5.69 Å². The van der Waals surface area contributed by atoms with Crippen LogP contribution in [0.3, 0.4) is 0 Å². The van der Waals surface area contributed by atoms with Gasteiger partial charge in [0.2, 0.25) is 0 Å². The van der Waals surface area contributed by atoms with Gasteiger partial charge in [0.15, 0.2) is 0 Å². The highest BCUT2D eigenvalue weighted by Crippen LogP contribution is 2.20. The lowest BCUT2D eigenvalue weighted by atomic mass is 10.2. The second kappa shape index (κ2) is 5.88. The molecule has 0 fully saturated rings. The first-order valence-corrected chi connectivity index (χ1v) is 7.04. The standard InChI is InChI=1S/C15H11BrN4O/c16-12-7-5-11(6-8-12)15(21)19-13-3-1-2-4-14(13)20-10-17-9-18-20/h1-10H,(H,19,21). The molecule has 0 aliphatic heterocycles. The van der Waals surface area contributed by atoms with E-state index in [9.17, 15) is 4.79 Å². The molecule has 3 rings (SSSR count). The van der Waals surface area contributed by atoms with Crippen LogP contribution in [-0.2, 0) is 0 Å². The summed E-state index contributed by atoms with van der Waals surface area (Å²) in [4.78, 5) is 16.2. The number of carbonyl (C=O) groups excluding carboxylic acids is 1. The third-order valence-corrected chi connectivity index (χ3v) is 3.45. The van der Waals surface area contributed by atoms with Gasteiger partial charge < -0.3 is 5.32 Å². The van der Waals surface area contributed by atoms with Crippen LogP contribution in [0.15, 0.2) is 65.7 Å². The Morgan fingerprint density at radius 1 is 1.10 bits per heavy atom. The van der Waals surface area contributed by atoms with Gasteiger partial charge in [0.25, 0.3) is 5.91 Å². The molecule has 1 heterocycles. The third-order valence-electron chi connectivity index (χ3n) is 2.92. The van der Waals surface area contributed by atoms with Gasteiger partial charge in [-0.05, 0) is 36.4 Å². The van der Waals surface area contributed by atoms with E-state index in [1.54, 1.807) is 23.1 Å². The number of nitrogens with one attached hydrogen (secondary N) is 1. The molecule has 104 valence electrons. The Balaban J connectivity index is 1.88. The normalized spacial score (nSPS) is 10.3. The first kappa shape index (κ1) is 13.5. The van der Waals surface area contributed by atoms with Crippen LogP contribution in [-0.4, -0.2) is 20.7 Å². The minimum Gasteiger partial charge on any atom is -0.320 e. The molecular weight excluding hydrogens is 332 g/mol. The maximum atomic E-state index is 12.3. The lowest BCUT2D eigenvalue weighted by molar-refractivity contribution is 0.102. The summed E-state index contributed by atoms with van der Waals surface area (Å²) in [6.45, 7) is 0. The fraction of sp³-hybridized carbons (Fsp3) is 0. The Kier molecular flexibility index (Phi) is 3.79. The van der Waals surface area contributed by atoms with Crippen molar-refractivity contribution >= 4 is 27.5 Å². The summed E-state index contributed by atoms with van der Waals surface area (Å²) in [5.41, 5.74) is 2.03. The summed E-state index contributed by atoms with van der Waals surface area (Å²) in [7, 11) is 0. The van der Waals surface area contributed by atoms with Crippen molar-refractivity contribution in [2.24, 2.45) is 0 Å². The van der Waals surface area contributed by atoms with Crippen LogP contribution in [0.25, 0.3) is 5.69 Å². The van der Waals surface area contributed by atoms with E-state index in [0.29, 0.717) is 11.3 Å². The molecule has 0 saturated heterocycles. The number of amides is 1. The average Bonchev–Trinajstić information content (AvgIpc) is 3.02. The van der Waals surface area contributed by atoms with Gasteiger partial charge in [-0.3, -0.25) is 4.79 Å². The van der Waals surface area contributed by atoms with Gasteiger partial charge in [-0.2, -0.15) is 5.10 Å². The predicted octanol–water partition coefficient (Wildman–Crippen LogP) is 3.28. The quantitative estimate of drug-likeness (QED) is 0.794. The van der Waals surface area contributed by atoms with Crippen molar-refractivity contribution < 1.29 is 4.79 Å².